The van der Waals surface area contributed by atoms with Crippen LogP contribution in [0.25, 0.3) is 0 Å². The fourth-order valence-electron chi connectivity index (χ4n) is 13.3. The lowest BCUT2D eigenvalue weighted by Crippen LogP contribution is -2.52. The second-order valence-corrected chi connectivity index (χ2v) is 25.6. The van der Waals surface area contributed by atoms with Gasteiger partial charge >= 0.3 is 28.4 Å². The molecule has 0 spiro atoms. The van der Waals surface area contributed by atoms with Crippen LogP contribution in [0.4, 0.5) is 0 Å². The highest BCUT2D eigenvalue weighted by Crippen LogP contribution is 2.39. The second kappa shape index (κ2) is 39.4. The number of aromatic nitrogens is 10. The number of nitrogens with zero attached hydrogens (tertiary/aromatic N) is 7. The molecule has 0 amide bonds. The first-order chi connectivity index (χ1) is 49.1. The average molecular weight is 1460 g/mol. The van der Waals surface area contributed by atoms with Gasteiger partial charge in [-0.25, -0.2) is 24.0 Å². The summed E-state index contributed by atoms with van der Waals surface area (Å²) in [4.78, 5) is 128. The molecule has 5 aromatic heterocycles. The summed E-state index contributed by atoms with van der Waals surface area (Å²) in [6.07, 6.45) is 1.94. The standard InChI is InChI=1S/C21H34N4O6.2C12H18N2O4.2C11H16N2O5/c1-7-15-17(31-21(29-12-8-10-22)25(13(2)3)14(4)5)18(28-6)19(30-15)24-11-9-16(26)23-20(24)27;2*1-4-8-7(2)10(17-3)11(18-8)14-6-5-9(15)13-12(14)16;1-6-7(5-14)18-10(9(6)17-2)13-4-3-8(15)12-11(13)16;1-3-6-8(15)9(17-2)10(18-6)13-5-4-7(14)12-11(13)16/h9,11,13-15,17-19,21H,7-8,12H2,1-6H3,(H,23,26,27);2*5-8,10-11H,4H2,1-3H3,(H,13,15,16);3-4,6-7,9-10,14H,5H2,1-2H3,(H,12,15,16);4-6,8-10,15H,3H2,1-2H3,(H,12,14,16)/t15-,17-,18-,19-,21?;2*7-,8-,10-,11-;6-,7-,9-,10-;6-,8-,9-,10-/m11111/s1. The molecule has 10 rings (SSSR count). The molecule has 1 unspecified atom stereocenters. The zero-order chi connectivity index (χ0) is 76.3. The molecule has 7 N–H and O–H groups in total. The number of nitriles is 1. The molecule has 10 heterocycles. The van der Waals surface area contributed by atoms with Crippen LogP contribution >= 0.6 is 0 Å². The highest BCUT2D eigenvalue weighted by Gasteiger charge is 2.50. The van der Waals surface area contributed by atoms with Crippen LogP contribution in [0.2, 0.25) is 0 Å². The number of methoxy groups -OCH3 is 5. The number of nitrogens with one attached hydrogen (secondary N) is 5. The molecule has 5 aliphatic rings. The van der Waals surface area contributed by atoms with E-state index in [1.54, 1.807) is 14.2 Å². The number of H-pyrrole nitrogens is 5. The van der Waals surface area contributed by atoms with Gasteiger partial charge in [-0.15, -0.1) is 0 Å². The summed E-state index contributed by atoms with van der Waals surface area (Å²) in [5.41, 5.74) is -4.92. The van der Waals surface area contributed by atoms with E-state index in [1.165, 1.54) is 105 Å². The van der Waals surface area contributed by atoms with E-state index in [2.05, 4.69) is 35.9 Å². The van der Waals surface area contributed by atoms with Crippen molar-refractivity contribution >= 4 is 0 Å². The maximum atomic E-state index is 12.3. The summed E-state index contributed by atoms with van der Waals surface area (Å²) in [6.45, 7) is 22.1. The number of aliphatic hydroxyl groups excluding tert-OH is 2. The van der Waals surface area contributed by atoms with Gasteiger partial charge in [0, 0.05) is 127 Å². The number of aliphatic hydroxyl groups is 2. The predicted molar refractivity (Wildman–Crippen MR) is 369 cm³/mol. The fourth-order valence-corrected chi connectivity index (χ4v) is 13.3. The second-order valence-electron chi connectivity index (χ2n) is 25.6. The Bertz CT molecular complexity index is 3740. The summed E-state index contributed by atoms with van der Waals surface area (Å²) in [6, 6.07) is 8.66. The van der Waals surface area contributed by atoms with Gasteiger partial charge in [0.2, 0.25) is 6.41 Å². The van der Waals surface area contributed by atoms with E-state index in [4.69, 9.17) is 62.1 Å². The molecule has 5 aliphatic heterocycles. The Balaban J connectivity index is 0.000000207. The molecular formula is C67H102N12O24. The van der Waals surface area contributed by atoms with Crippen LogP contribution < -0.4 is 56.2 Å². The minimum absolute atomic E-state index is 0.0520. The number of ether oxygens (including phenoxy) is 12. The van der Waals surface area contributed by atoms with Crippen molar-refractivity contribution < 1.29 is 67.1 Å². The minimum Gasteiger partial charge on any atom is -0.394 e. The van der Waals surface area contributed by atoms with E-state index in [9.17, 15) is 58.2 Å². The predicted octanol–water partition coefficient (Wildman–Crippen LogP) is 0.864. The lowest BCUT2D eigenvalue weighted by Gasteiger charge is -2.39. The molecule has 0 aromatic carbocycles. The summed E-state index contributed by atoms with van der Waals surface area (Å²) in [5, 5.41) is 28.1. The van der Waals surface area contributed by atoms with Crippen LogP contribution in [-0.2, 0) is 56.8 Å². The number of hydrogen-bond acceptors (Lipinski definition) is 26. The summed E-state index contributed by atoms with van der Waals surface area (Å²) in [7, 11) is 7.70. The third-order valence-electron chi connectivity index (χ3n) is 18.7. The van der Waals surface area contributed by atoms with Crippen LogP contribution in [0.1, 0.15) is 139 Å². The minimum atomic E-state index is -0.802. The zero-order valence-corrected chi connectivity index (χ0v) is 61.0. The van der Waals surface area contributed by atoms with E-state index >= 15 is 0 Å². The van der Waals surface area contributed by atoms with Gasteiger partial charge in [0.15, 0.2) is 31.1 Å². The molecule has 0 saturated carbocycles. The molecule has 5 fully saturated rings. The Morgan fingerprint density at radius 2 is 0.728 bits per heavy atom. The van der Waals surface area contributed by atoms with Crippen molar-refractivity contribution in [1.82, 2.24) is 52.7 Å². The molecule has 36 heteroatoms. The largest absolute Gasteiger partial charge is 0.394 e. The zero-order valence-electron chi connectivity index (χ0n) is 61.0. The van der Waals surface area contributed by atoms with Crippen LogP contribution in [0.5, 0.6) is 0 Å². The molecule has 0 aliphatic carbocycles. The summed E-state index contributed by atoms with van der Waals surface area (Å²) in [5.74, 6) is 0.344. The Labute approximate surface area is 592 Å². The van der Waals surface area contributed by atoms with Crippen molar-refractivity contribution in [1.29, 1.82) is 5.26 Å². The molecule has 574 valence electrons. The quantitative estimate of drug-likeness (QED) is 0.0352. The van der Waals surface area contributed by atoms with Gasteiger partial charge in [0.05, 0.1) is 56.2 Å². The van der Waals surface area contributed by atoms with E-state index < -0.39 is 130 Å². The first-order valence-electron chi connectivity index (χ1n) is 34.3. The van der Waals surface area contributed by atoms with Crippen molar-refractivity contribution in [3.05, 3.63) is 166 Å². The average Bonchev–Trinajstić information content (AvgIpc) is 1.71. The maximum absolute atomic E-state index is 12.3. The van der Waals surface area contributed by atoms with Gasteiger partial charge in [-0.3, -0.25) is 76.6 Å². The highest BCUT2D eigenvalue weighted by molar-refractivity contribution is 4.99. The van der Waals surface area contributed by atoms with Gasteiger partial charge in [0.25, 0.3) is 27.8 Å². The SMILES string of the molecule is CC[C@H]1O[C@@H](n2ccc(=O)[nH]c2=O)[C@H](OC)[C@@H]1C.CC[C@H]1O[C@@H](n2ccc(=O)[nH]c2=O)[C@H](OC)[C@@H]1C.CC[C@H]1O[C@@H](n2ccc(=O)[nH]c2=O)[C@H](OC)[C@@H]1O.CC[C@H]1O[C@@H](n2ccc(=O)[nH]c2=O)[C@H](OC)[C@@H]1OC(OCCC#N)N(C(C)C)C(C)C.CO[C@@H]1[C@H](C)[C@@H](CO)O[C@H]1n1ccc(=O)[nH]c1=O. The normalized spacial score (nSPS) is 29.6. The summed E-state index contributed by atoms with van der Waals surface area (Å²) >= 11 is 0. The van der Waals surface area contributed by atoms with Crippen LogP contribution in [-0.4, -0.2) is 203 Å². The number of aromatic amines is 5. The molecule has 5 aromatic rings. The van der Waals surface area contributed by atoms with Crippen molar-refractivity contribution in [3.8, 4) is 6.07 Å². The Morgan fingerprint density at radius 1 is 0.447 bits per heavy atom. The van der Waals surface area contributed by atoms with Gasteiger partial charge in [-0.05, 0) is 53.4 Å². The highest BCUT2D eigenvalue weighted by atomic mass is 16.7. The third-order valence-corrected chi connectivity index (χ3v) is 18.7. The van der Waals surface area contributed by atoms with Crippen LogP contribution in [0.3, 0.4) is 0 Å². The fraction of sp³-hybridized carbons (Fsp3) is 0.687. The molecule has 21 atom stereocenters. The monoisotopic (exact) mass is 1460 g/mol. The van der Waals surface area contributed by atoms with E-state index in [0.29, 0.717) is 12.8 Å². The lowest BCUT2D eigenvalue weighted by atomic mass is 9.98. The molecule has 5 saturated heterocycles. The Hall–Kier alpha value is -7.71. The van der Waals surface area contributed by atoms with Gasteiger partial charge < -0.3 is 67.1 Å². The Kier molecular flexibility index (Phi) is 32.2. The van der Waals surface area contributed by atoms with Crippen LogP contribution in [0, 0.1) is 29.1 Å². The maximum Gasteiger partial charge on any atom is 0.330 e. The smallest absolute Gasteiger partial charge is 0.330 e. The van der Waals surface area contributed by atoms with Crippen molar-refractivity contribution in [2.75, 3.05) is 48.8 Å². The topological polar surface area (TPSA) is 453 Å². The molecule has 0 radical (unpaired) electrons. The number of rotatable bonds is 23. The molecule has 36 nitrogen and oxygen atoms in total. The molecule has 0 bridgehead atoms. The summed E-state index contributed by atoms with van der Waals surface area (Å²) < 4.78 is 75.0. The van der Waals surface area contributed by atoms with Crippen LogP contribution in [0.15, 0.2) is 109 Å². The van der Waals surface area contributed by atoms with Crippen molar-refractivity contribution in [3.63, 3.8) is 0 Å². The van der Waals surface area contributed by atoms with Crippen molar-refractivity contribution in [2.45, 2.75) is 231 Å². The Morgan fingerprint density at radius 3 is 1.01 bits per heavy atom. The van der Waals surface area contributed by atoms with Crippen molar-refractivity contribution in [2.24, 2.45) is 17.8 Å². The number of hydrogen-bond donors (Lipinski definition) is 7. The molecule has 103 heavy (non-hydrogen) atoms. The lowest BCUT2D eigenvalue weighted by molar-refractivity contribution is -0.273. The van der Waals surface area contributed by atoms with E-state index in [1.807, 2.05) is 76.2 Å². The first kappa shape index (κ1) is 84.2. The van der Waals surface area contributed by atoms with Gasteiger partial charge in [-0.1, -0.05) is 48.5 Å². The van der Waals surface area contributed by atoms with E-state index in [-0.39, 0.29) is 86.1 Å². The van der Waals surface area contributed by atoms with E-state index in [0.717, 1.165) is 12.8 Å². The third kappa shape index (κ3) is 20.4. The van der Waals surface area contributed by atoms with Gasteiger partial charge in [-0.2, -0.15) is 5.26 Å². The van der Waals surface area contributed by atoms with Gasteiger partial charge in [0.1, 0.15) is 42.7 Å². The molecular weight excluding hydrogens is 1360 g/mol. The first-order valence-corrected chi connectivity index (χ1v) is 34.3.